The number of rotatable bonds is 2. The van der Waals surface area contributed by atoms with Gasteiger partial charge in [-0.1, -0.05) is 0 Å². The molecule has 2 heterocycles. The van der Waals surface area contributed by atoms with E-state index in [2.05, 4.69) is 4.98 Å². The average Bonchev–Trinajstić information content (AvgIpc) is 2.60. The second kappa shape index (κ2) is 3.61. The first-order valence-corrected chi connectivity index (χ1v) is 4.53. The molecule has 0 aliphatic rings. The van der Waals surface area contributed by atoms with Crippen LogP contribution in [0, 0.1) is 0 Å². The van der Waals surface area contributed by atoms with Gasteiger partial charge in [0.15, 0.2) is 0 Å². The molecule has 0 radical (unpaired) electrons. The minimum absolute atomic E-state index is 0.143. The van der Waals surface area contributed by atoms with Crippen LogP contribution in [0.5, 0.6) is 0 Å². The molecule has 0 atom stereocenters. The molecule has 0 aliphatic carbocycles. The second-order valence-electron chi connectivity index (χ2n) is 2.99. The number of furan rings is 1. The molecule has 15 heavy (non-hydrogen) atoms. The number of carbonyl (C=O) groups excluding carboxylic acids is 1. The highest BCUT2D eigenvalue weighted by Gasteiger charge is 2.13. The Morgan fingerprint density at radius 3 is 3.13 bits per heavy atom. The van der Waals surface area contributed by atoms with E-state index in [4.69, 9.17) is 14.9 Å². The van der Waals surface area contributed by atoms with E-state index in [9.17, 15) is 4.79 Å². The van der Waals surface area contributed by atoms with Crippen molar-refractivity contribution < 1.29 is 13.9 Å². The van der Waals surface area contributed by atoms with Gasteiger partial charge in [-0.3, -0.25) is 0 Å². The summed E-state index contributed by atoms with van der Waals surface area (Å²) < 4.78 is 9.99. The van der Waals surface area contributed by atoms with Crippen molar-refractivity contribution in [3.8, 4) is 0 Å². The molecule has 0 aromatic carbocycles. The number of carbonyl (C=O) groups is 1. The van der Waals surface area contributed by atoms with Gasteiger partial charge in [-0.25, -0.2) is 9.78 Å². The Balaban J connectivity index is 2.42. The smallest absolute Gasteiger partial charge is 0.374 e. The lowest BCUT2D eigenvalue weighted by Gasteiger charge is -1.95. The Morgan fingerprint density at radius 1 is 1.60 bits per heavy atom. The van der Waals surface area contributed by atoms with Crippen molar-refractivity contribution in [1.29, 1.82) is 0 Å². The molecule has 0 spiro atoms. The summed E-state index contributed by atoms with van der Waals surface area (Å²) in [7, 11) is 0. The topological polar surface area (TPSA) is 78.4 Å². The number of pyridine rings is 1. The first kappa shape index (κ1) is 9.51. The van der Waals surface area contributed by atoms with Crippen LogP contribution in [0.1, 0.15) is 17.5 Å². The average molecular weight is 206 g/mol. The van der Waals surface area contributed by atoms with Crippen molar-refractivity contribution in [2.45, 2.75) is 6.92 Å². The maximum absolute atomic E-state index is 11.3. The fraction of sp³-hybridized carbons (Fsp3) is 0.200. The molecule has 2 aromatic rings. The predicted octanol–water partition coefficient (Wildman–Crippen LogP) is 1.59. The third-order valence-corrected chi connectivity index (χ3v) is 1.87. The summed E-state index contributed by atoms with van der Waals surface area (Å²) in [5, 5.41) is 0.693. The van der Waals surface area contributed by atoms with Crippen LogP contribution in [0.4, 0.5) is 5.69 Å². The number of nitrogens with two attached hydrogens (primary N) is 1. The standard InChI is InChI=1S/C10H10N2O3/c1-2-14-10(13)8-4-6-3-7(11)5-12-9(6)15-8/h3-5H,2,11H2,1H3. The summed E-state index contributed by atoms with van der Waals surface area (Å²) in [6.45, 7) is 2.04. The number of hydrogen-bond donors (Lipinski definition) is 1. The van der Waals surface area contributed by atoms with Crippen molar-refractivity contribution in [3.63, 3.8) is 0 Å². The van der Waals surface area contributed by atoms with Gasteiger partial charge in [0.1, 0.15) is 0 Å². The second-order valence-corrected chi connectivity index (χ2v) is 2.99. The van der Waals surface area contributed by atoms with Gasteiger partial charge in [0.05, 0.1) is 18.5 Å². The highest BCUT2D eigenvalue weighted by atomic mass is 16.5. The van der Waals surface area contributed by atoms with E-state index in [-0.39, 0.29) is 5.76 Å². The van der Waals surface area contributed by atoms with Crippen LogP contribution in [0.3, 0.4) is 0 Å². The summed E-state index contributed by atoms with van der Waals surface area (Å²) in [4.78, 5) is 15.3. The summed E-state index contributed by atoms with van der Waals surface area (Å²) in [6, 6.07) is 3.26. The molecule has 2 aromatic heterocycles. The fourth-order valence-corrected chi connectivity index (χ4v) is 1.25. The maximum Gasteiger partial charge on any atom is 0.374 e. The molecule has 0 saturated carbocycles. The monoisotopic (exact) mass is 206 g/mol. The number of esters is 1. The van der Waals surface area contributed by atoms with E-state index in [1.54, 1.807) is 19.1 Å². The third-order valence-electron chi connectivity index (χ3n) is 1.87. The minimum Gasteiger partial charge on any atom is -0.460 e. The van der Waals surface area contributed by atoms with Crippen LogP contribution in [0.2, 0.25) is 0 Å². The van der Waals surface area contributed by atoms with Gasteiger partial charge in [0.25, 0.3) is 0 Å². The van der Waals surface area contributed by atoms with E-state index in [1.165, 1.54) is 6.20 Å². The number of hydrogen-bond acceptors (Lipinski definition) is 5. The van der Waals surface area contributed by atoms with Gasteiger partial charge in [-0.15, -0.1) is 0 Å². The highest BCUT2D eigenvalue weighted by Crippen LogP contribution is 2.19. The first-order valence-electron chi connectivity index (χ1n) is 4.53. The van der Waals surface area contributed by atoms with Crippen LogP contribution >= 0.6 is 0 Å². The number of fused-ring (bicyclic) bond motifs is 1. The zero-order valence-electron chi connectivity index (χ0n) is 8.19. The molecular weight excluding hydrogens is 196 g/mol. The summed E-state index contributed by atoms with van der Waals surface area (Å²) in [5.74, 6) is -0.348. The lowest BCUT2D eigenvalue weighted by Crippen LogP contribution is -2.02. The van der Waals surface area contributed by atoms with Crippen LogP contribution in [-0.4, -0.2) is 17.6 Å². The van der Waals surface area contributed by atoms with Crippen molar-refractivity contribution in [1.82, 2.24) is 4.98 Å². The number of nitrogen functional groups attached to an aromatic ring is 1. The van der Waals surface area contributed by atoms with Gasteiger partial charge in [0.2, 0.25) is 11.5 Å². The van der Waals surface area contributed by atoms with Gasteiger partial charge >= 0.3 is 5.97 Å². The van der Waals surface area contributed by atoms with E-state index in [0.717, 1.165) is 0 Å². The first-order chi connectivity index (χ1) is 7.20. The molecule has 2 N–H and O–H groups in total. The summed E-state index contributed by atoms with van der Waals surface area (Å²) >= 11 is 0. The van der Waals surface area contributed by atoms with Crippen molar-refractivity contribution in [2.24, 2.45) is 0 Å². The molecule has 5 nitrogen and oxygen atoms in total. The van der Waals surface area contributed by atoms with Crippen molar-refractivity contribution in [3.05, 3.63) is 24.1 Å². The molecular formula is C10H10N2O3. The van der Waals surface area contributed by atoms with Crippen molar-refractivity contribution in [2.75, 3.05) is 12.3 Å². The summed E-state index contributed by atoms with van der Waals surface area (Å²) in [6.07, 6.45) is 1.47. The van der Waals surface area contributed by atoms with Gasteiger partial charge < -0.3 is 14.9 Å². The Kier molecular flexibility index (Phi) is 2.29. The Morgan fingerprint density at radius 2 is 2.40 bits per heavy atom. The van der Waals surface area contributed by atoms with Crippen LogP contribution < -0.4 is 5.73 Å². The fourth-order valence-electron chi connectivity index (χ4n) is 1.25. The van der Waals surface area contributed by atoms with Gasteiger partial charge in [0, 0.05) is 11.5 Å². The zero-order chi connectivity index (χ0) is 10.8. The highest BCUT2D eigenvalue weighted by molar-refractivity contribution is 5.92. The Bertz CT molecular complexity index is 504. The predicted molar refractivity (Wildman–Crippen MR) is 54.4 cm³/mol. The van der Waals surface area contributed by atoms with E-state index in [0.29, 0.717) is 23.4 Å². The molecule has 0 aliphatic heterocycles. The van der Waals surface area contributed by atoms with E-state index >= 15 is 0 Å². The third kappa shape index (κ3) is 1.76. The molecule has 5 heteroatoms. The molecule has 2 rings (SSSR count). The van der Waals surface area contributed by atoms with Gasteiger partial charge in [-0.05, 0) is 13.0 Å². The SMILES string of the molecule is CCOC(=O)c1cc2cc(N)cnc2o1. The zero-order valence-corrected chi connectivity index (χ0v) is 8.19. The van der Waals surface area contributed by atoms with Crippen molar-refractivity contribution >= 4 is 22.8 Å². The van der Waals surface area contributed by atoms with Crippen LogP contribution in [0.25, 0.3) is 11.1 Å². The van der Waals surface area contributed by atoms with E-state index in [1.807, 2.05) is 0 Å². The minimum atomic E-state index is -0.492. The molecule has 0 amide bonds. The molecule has 0 unspecified atom stereocenters. The quantitative estimate of drug-likeness (QED) is 0.755. The van der Waals surface area contributed by atoms with Crippen LogP contribution in [0.15, 0.2) is 22.7 Å². The van der Waals surface area contributed by atoms with Gasteiger partial charge in [-0.2, -0.15) is 0 Å². The molecule has 0 fully saturated rings. The lowest BCUT2D eigenvalue weighted by atomic mass is 10.3. The molecule has 78 valence electrons. The molecule has 0 saturated heterocycles. The number of ether oxygens (including phenoxy) is 1. The number of nitrogens with zero attached hydrogens (tertiary/aromatic N) is 1. The lowest BCUT2D eigenvalue weighted by molar-refractivity contribution is 0.0492. The maximum atomic E-state index is 11.3. The van der Waals surface area contributed by atoms with E-state index < -0.39 is 5.97 Å². The number of anilines is 1. The van der Waals surface area contributed by atoms with Crippen LogP contribution in [-0.2, 0) is 4.74 Å². The summed E-state index contributed by atoms with van der Waals surface area (Å²) in [5.41, 5.74) is 6.46. The number of aromatic nitrogens is 1. The normalized spacial score (nSPS) is 10.5. The largest absolute Gasteiger partial charge is 0.460 e. The molecule has 0 bridgehead atoms. The Labute approximate surface area is 85.8 Å². The Hall–Kier alpha value is -2.04.